The van der Waals surface area contributed by atoms with Crippen molar-refractivity contribution in [1.82, 2.24) is 16.0 Å². The van der Waals surface area contributed by atoms with E-state index in [1.54, 1.807) is 0 Å². The van der Waals surface area contributed by atoms with Crippen molar-refractivity contribution < 1.29 is 9.59 Å². The zero-order chi connectivity index (χ0) is 18.2. The molecule has 3 atom stereocenters. The summed E-state index contributed by atoms with van der Waals surface area (Å²) in [5.41, 5.74) is 1.03. The summed E-state index contributed by atoms with van der Waals surface area (Å²) in [5.74, 6) is 0.447. The van der Waals surface area contributed by atoms with E-state index in [0.29, 0.717) is 12.5 Å². The van der Waals surface area contributed by atoms with E-state index in [-0.39, 0.29) is 23.9 Å². The van der Waals surface area contributed by atoms with E-state index in [1.807, 2.05) is 44.2 Å². The van der Waals surface area contributed by atoms with Gasteiger partial charge in [-0.25, -0.2) is 4.79 Å². The number of hydrogen-bond acceptors (Lipinski definition) is 2. The van der Waals surface area contributed by atoms with Gasteiger partial charge in [-0.2, -0.15) is 0 Å². The van der Waals surface area contributed by atoms with Crippen molar-refractivity contribution in [2.45, 2.75) is 65.1 Å². The first-order chi connectivity index (χ1) is 12.0. The molecule has 1 saturated carbocycles. The van der Waals surface area contributed by atoms with Crippen molar-refractivity contribution in [3.8, 4) is 0 Å². The van der Waals surface area contributed by atoms with Gasteiger partial charge in [0.1, 0.15) is 6.04 Å². The third-order valence-corrected chi connectivity index (χ3v) is 4.97. The maximum atomic E-state index is 12.7. The average molecular weight is 345 g/mol. The first kappa shape index (κ1) is 19.3. The number of urea groups is 1. The summed E-state index contributed by atoms with van der Waals surface area (Å²) in [5, 5.41) is 8.80. The van der Waals surface area contributed by atoms with Gasteiger partial charge in [0.15, 0.2) is 0 Å². The number of nitrogens with one attached hydrogen (secondary N) is 3. The van der Waals surface area contributed by atoms with Crippen LogP contribution in [0.4, 0.5) is 4.79 Å². The zero-order valence-corrected chi connectivity index (χ0v) is 15.5. The number of hydrogen-bond donors (Lipinski definition) is 3. The molecule has 0 radical (unpaired) electrons. The van der Waals surface area contributed by atoms with E-state index in [0.717, 1.165) is 24.8 Å². The van der Waals surface area contributed by atoms with Crippen LogP contribution in [-0.2, 0) is 11.3 Å². The van der Waals surface area contributed by atoms with Gasteiger partial charge in [-0.05, 0) is 30.2 Å². The molecule has 0 heterocycles. The molecule has 1 aromatic carbocycles. The first-order valence-corrected chi connectivity index (χ1v) is 9.36. The Morgan fingerprint density at radius 2 is 1.80 bits per heavy atom. The molecule has 5 nitrogen and oxygen atoms in total. The lowest BCUT2D eigenvalue weighted by Crippen LogP contribution is -2.55. The lowest BCUT2D eigenvalue weighted by molar-refractivity contribution is -0.125. The van der Waals surface area contributed by atoms with Crippen LogP contribution in [0, 0.1) is 11.8 Å². The molecule has 138 valence electrons. The Bertz CT molecular complexity index is 559. The molecule has 0 spiro atoms. The summed E-state index contributed by atoms with van der Waals surface area (Å²) in [4.78, 5) is 24.8. The Labute approximate surface area is 151 Å². The van der Waals surface area contributed by atoms with Crippen molar-refractivity contribution in [2.24, 2.45) is 11.8 Å². The molecule has 1 fully saturated rings. The maximum Gasteiger partial charge on any atom is 0.315 e. The van der Waals surface area contributed by atoms with Crippen LogP contribution in [0.3, 0.4) is 0 Å². The normalized spacial score (nSPS) is 21.4. The Balaban J connectivity index is 1.86. The highest BCUT2D eigenvalue weighted by molar-refractivity contribution is 5.87. The second kappa shape index (κ2) is 9.44. The van der Waals surface area contributed by atoms with Crippen LogP contribution in [0.25, 0.3) is 0 Å². The predicted octanol–water partition coefficient (Wildman–Crippen LogP) is 3.21. The van der Waals surface area contributed by atoms with Gasteiger partial charge in [0.25, 0.3) is 0 Å². The fraction of sp³-hybridized carbons (Fsp3) is 0.600. The second-order valence-electron chi connectivity index (χ2n) is 7.41. The summed E-state index contributed by atoms with van der Waals surface area (Å²) >= 11 is 0. The van der Waals surface area contributed by atoms with Crippen LogP contribution in [0.5, 0.6) is 0 Å². The van der Waals surface area contributed by atoms with Crippen molar-refractivity contribution in [1.29, 1.82) is 0 Å². The lowest BCUT2D eigenvalue weighted by Gasteiger charge is -2.32. The van der Waals surface area contributed by atoms with E-state index < -0.39 is 6.04 Å². The quantitative estimate of drug-likeness (QED) is 0.741. The third kappa shape index (κ3) is 6.07. The largest absolute Gasteiger partial charge is 0.351 e. The summed E-state index contributed by atoms with van der Waals surface area (Å²) in [6.07, 6.45) is 4.58. The molecule has 3 amide bonds. The van der Waals surface area contributed by atoms with E-state index >= 15 is 0 Å². The van der Waals surface area contributed by atoms with Crippen LogP contribution in [0.1, 0.15) is 52.0 Å². The third-order valence-electron chi connectivity index (χ3n) is 4.97. The van der Waals surface area contributed by atoms with Gasteiger partial charge < -0.3 is 16.0 Å². The van der Waals surface area contributed by atoms with Gasteiger partial charge >= 0.3 is 6.03 Å². The van der Waals surface area contributed by atoms with Gasteiger partial charge in [-0.1, -0.05) is 63.9 Å². The molecule has 2 rings (SSSR count). The molecule has 0 bridgehead atoms. The molecule has 3 unspecified atom stereocenters. The molecule has 0 aromatic heterocycles. The molecule has 1 aromatic rings. The summed E-state index contributed by atoms with van der Waals surface area (Å²) in [7, 11) is 0. The monoisotopic (exact) mass is 345 g/mol. The van der Waals surface area contributed by atoms with E-state index in [1.165, 1.54) is 6.42 Å². The van der Waals surface area contributed by atoms with E-state index in [4.69, 9.17) is 0 Å². The highest BCUT2D eigenvalue weighted by atomic mass is 16.2. The Morgan fingerprint density at radius 1 is 1.12 bits per heavy atom. The van der Waals surface area contributed by atoms with Crippen LogP contribution in [0.15, 0.2) is 30.3 Å². The summed E-state index contributed by atoms with van der Waals surface area (Å²) < 4.78 is 0. The zero-order valence-electron chi connectivity index (χ0n) is 15.5. The minimum atomic E-state index is -0.523. The minimum Gasteiger partial charge on any atom is -0.351 e. The number of carbonyl (C=O) groups is 2. The fourth-order valence-corrected chi connectivity index (χ4v) is 3.31. The Kier molecular flexibility index (Phi) is 7.29. The molecular formula is C20H31N3O2. The first-order valence-electron chi connectivity index (χ1n) is 9.36. The molecule has 0 aliphatic heterocycles. The van der Waals surface area contributed by atoms with Crippen molar-refractivity contribution in [2.75, 3.05) is 0 Å². The van der Waals surface area contributed by atoms with Crippen molar-refractivity contribution in [3.63, 3.8) is 0 Å². The Morgan fingerprint density at radius 3 is 2.44 bits per heavy atom. The van der Waals surface area contributed by atoms with Gasteiger partial charge in [0.05, 0.1) is 0 Å². The standard InChI is InChI=1S/C20H31N3O2/c1-14(2)18(19(24)22-17-12-8-7-9-15(17)3)23-20(25)21-13-16-10-5-4-6-11-16/h4-6,10-11,14-15,17-18H,7-9,12-13H2,1-3H3,(H,22,24)(H2,21,23,25). The number of rotatable bonds is 6. The highest BCUT2D eigenvalue weighted by Crippen LogP contribution is 2.23. The smallest absolute Gasteiger partial charge is 0.315 e. The van der Waals surface area contributed by atoms with Gasteiger partial charge in [-0.3, -0.25) is 4.79 Å². The highest BCUT2D eigenvalue weighted by Gasteiger charge is 2.29. The lowest BCUT2D eigenvalue weighted by atomic mass is 9.85. The number of amides is 3. The number of carbonyl (C=O) groups excluding carboxylic acids is 2. The Hall–Kier alpha value is -2.04. The van der Waals surface area contributed by atoms with Gasteiger partial charge in [-0.15, -0.1) is 0 Å². The molecule has 3 N–H and O–H groups in total. The second-order valence-corrected chi connectivity index (χ2v) is 7.41. The maximum absolute atomic E-state index is 12.7. The SMILES string of the molecule is CC(C)C(NC(=O)NCc1ccccc1)C(=O)NC1CCCCC1C. The van der Waals surface area contributed by atoms with Crippen LogP contribution >= 0.6 is 0 Å². The fourth-order valence-electron chi connectivity index (χ4n) is 3.31. The molecule has 0 saturated heterocycles. The van der Waals surface area contributed by atoms with Crippen LogP contribution in [0.2, 0.25) is 0 Å². The van der Waals surface area contributed by atoms with Crippen molar-refractivity contribution in [3.05, 3.63) is 35.9 Å². The topological polar surface area (TPSA) is 70.2 Å². The summed E-state index contributed by atoms with van der Waals surface area (Å²) in [6.45, 7) is 6.53. The van der Waals surface area contributed by atoms with Crippen LogP contribution in [-0.4, -0.2) is 24.0 Å². The number of benzene rings is 1. The van der Waals surface area contributed by atoms with Crippen LogP contribution < -0.4 is 16.0 Å². The molecule has 25 heavy (non-hydrogen) atoms. The molecule has 5 heteroatoms. The van der Waals surface area contributed by atoms with Crippen molar-refractivity contribution >= 4 is 11.9 Å². The van der Waals surface area contributed by atoms with E-state index in [2.05, 4.69) is 22.9 Å². The molecule has 1 aliphatic rings. The molecule has 1 aliphatic carbocycles. The summed E-state index contributed by atoms with van der Waals surface area (Å²) in [6, 6.07) is 9.11. The van der Waals surface area contributed by atoms with Gasteiger partial charge in [0, 0.05) is 12.6 Å². The minimum absolute atomic E-state index is 0.0290. The average Bonchev–Trinajstić information content (AvgIpc) is 2.60. The molecular weight excluding hydrogens is 314 g/mol. The van der Waals surface area contributed by atoms with Gasteiger partial charge in [0.2, 0.25) is 5.91 Å². The predicted molar refractivity (Wildman–Crippen MR) is 100 cm³/mol. The van der Waals surface area contributed by atoms with E-state index in [9.17, 15) is 9.59 Å².